The summed E-state index contributed by atoms with van der Waals surface area (Å²) in [6.07, 6.45) is 2.01. The van der Waals surface area contributed by atoms with Gasteiger partial charge in [-0.05, 0) is 24.3 Å². The molecule has 1 amide bonds. The highest BCUT2D eigenvalue weighted by Crippen LogP contribution is 2.20. The first-order valence-corrected chi connectivity index (χ1v) is 6.21. The van der Waals surface area contributed by atoms with Crippen molar-refractivity contribution in [3.8, 4) is 0 Å². The van der Waals surface area contributed by atoms with Crippen LogP contribution in [-0.2, 0) is 16.1 Å². The van der Waals surface area contributed by atoms with Gasteiger partial charge in [0.25, 0.3) is 0 Å². The quantitative estimate of drug-likeness (QED) is 0.845. The van der Waals surface area contributed by atoms with E-state index in [1.54, 1.807) is 7.11 Å². The molecule has 1 aromatic heterocycles. The molecule has 0 bridgehead atoms. The Hall–Kier alpha value is -1.52. The van der Waals surface area contributed by atoms with Crippen LogP contribution in [-0.4, -0.2) is 30.1 Å². The van der Waals surface area contributed by atoms with Crippen LogP contribution >= 0.6 is 11.6 Å². The summed E-state index contributed by atoms with van der Waals surface area (Å²) in [5, 5.41) is 3.81. The Morgan fingerprint density at radius 1 is 1.44 bits per heavy atom. The third kappa shape index (κ3) is 2.83. The van der Waals surface area contributed by atoms with E-state index in [1.165, 1.54) is 0 Å². The molecule has 18 heavy (non-hydrogen) atoms. The summed E-state index contributed by atoms with van der Waals surface area (Å²) in [6, 6.07) is 7.80. The maximum Gasteiger partial charge on any atom is 0.239 e. The first-order valence-electron chi connectivity index (χ1n) is 5.68. The van der Waals surface area contributed by atoms with Crippen molar-refractivity contribution >= 4 is 34.1 Å². The van der Waals surface area contributed by atoms with E-state index in [9.17, 15) is 4.79 Å². The van der Waals surface area contributed by atoms with Crippen molar-refractivity contribution in [2.24, 2.45) is 0 Å². The molecular formula is C13H15ClN2O2. The van der Waals surface area contributed by atoms with Gasteiger partial charge in [-0.25, -0.2) is 0 Å². The molecule has 0 saturated heterocycles. The van der Waals surface area contributed by atoms with E-state index in [0.717, 1.165) is 23.1 Å². The van der Waals surface area contributed by atoms with Crippen LogP contribution < -0.4 is 5.32 Å². The molecule has 1 heterocycles. The molecule has 0 aliphatic heterocycles. The minimum atomic E-state index is -0.199. The fraction of sp³-hybridized carbons (Fsp3) is 0.308. The van der Waals surface area contributed by atoms with Crippen molar-refractivity contribution in [2.75, 3.05) is 24.9 Å². The molecule has 96 valence electrons. The number of carbonyl (C=O) groups excluding carboxylic acids is 1. The largest absolute Gasteiger partial charge is 0.383 e. The Labute approximate surface area is 110 Å². The number of aromatic nitrogens is 1. The first kappa shape index (κ1) is 12.9. The first-order chi connectivity index (χ1) is 8.74. The summed E-state index contributed by atoms with van der Waals surface area (Å²) in [5.41, 5.74) is 1.88. The lowest BCUT2D eigenvalue weighted by Crippen LogP contribution is -2.12. The Balaban J connectivity index is 2.22. The number of ether oxygens (including phenoxy) is 1. The van der Waals surface area contributed by atoms with Crippen molar-refractivity contribution in [1.29, 1.82) is 0 Å². The number of rotatable bonds is 5. The molecule has 0 atom stereocenters. The highest BCUT2D eigenvalue weighted by molar-refractivity contribution is 6.29. The number of nitrogens with zero attached hydrogens (tertiary/aromatic N) is 1. The van der Waals surface area contributed by atoms with Gasteiger partial charge in [0, 0.05) is 36.4 Å². The molecule has 2 aromatic rings. The van der Waals surface area contributed by atoms with Gasteiger partial charge in [-0.3, -0.25) is 4.79 Å². The average molecular weight is 267 g/mol. The Morgan fingerprint density at radius 2 is 2.28 bits per heavy atom. The molecule has 4 nitrogen and oxygen atoms in total. The van der Waals surface area contributed by atoms with Crippen LogP contribution in [0.25, 0.3) is 10.9 Å². The Morgan fingerprint density at radius 3 is 3.00 bits per heavy atom. The van der Waals surface area contributed by atoms with Gasteiger partial charge in [-0.2, -0.15) is 0 Å². The molecule has 0 saturated carbocycles. The predicted octanol–water partition coefficient (Wildman–Crippen LogP) is 2.47. The molecule has 1 N–H and O–H groups in total. The van der Waals surface area contributed by atoms with Crippen molar-refractivity contribution in [3.63, 3.8) is 0 Å². The number of nitrogens with one attached hydrogen (secondary N) is 1. The van der Waals surface area contributed by atoms with Gasteiger partial charge in [0.2, 0.25) is 5.91 Å². The van der Waals surface area contributed by atoms with Crippen LogP contribution in [0.4, 0.5) is 5.69 Å². The van der Waals surface area contributed by atoms with E-state index in [0.29, 0.717) is 6.61 Å². The zero-order valence-corrected chi connectivity index (χ0v) is 10.9. The number of hydrogen-bond acceptors (Lipinski definition) is 2. The van der Waals surface area contributed by atoms with E-state index in [4.69, 9.17) is 16.3 Å². The topological polar surface area (TPSA) is 43.3 Å². The minimum absolute atomic E-state index is 0.0348. The molecule has 1 aromatic carbocycles. The fourth-order valence-electron chi connectivity index (χ4n) is 1.86. The maximum absolute atomic E-state index is 11.2. The van der Waals surface area contributed by atoms with E-state index in [1.807, 2.05) is 30.5 Å². The molecule has 0 aliphatic carbocycles. The maximum atomic E-state index is 11.2. The summed E-state index contributed by atoms with van der Waals surface area (Å²) >= 11 is 5.45. The van der Waals surface area contributed by atoms with E-state index in [-0.39, 0.29) is 11.8 Å². The summed E-state index contributed by atoms with van der Waals surface area (Å²) < 4.78 is 7.18. The lowest BCUT2D eigenvalue weighted by atomic mass is 10.2. The molecule has 0 fully saturated rings. The zero-order chi connectivity index (χ0) is 13.0. The number of hydrogen-bond donors (Lipinski definition) is 1. The van der Waals surface area contributed by atoms with Crippen molar-refractivity contribution in [1.82, 2.24) is 4.57 Å². The van der Waals surface area contributed by atoms with Gasteiger partial charge in [-0.1, -0.05) is 0 Å². The summed E-state index contributed by atoms with van der Waals surface area (Å²) in [4.78, 5) is 11.2. The van der Waals surface area contributed by atoms with Gasteiger partial charge in [0.05, 0.1) is 6.61 Å². The van der Waals surface area contributed by atoms with Crippen molar-refractivity contribution in [3.05, 3.63) is 30.5 Å². The molecular weight excluding hydrogens is 252 g/mol. The van der Waals surface area contributed by atoms with Crippen LogP contribution in [0.1, 0.15) is 0 Å². The summed E-state index contributed by atoms with van der Waals surface area (Å²) in [6.45, 7) is 1.49. The molecule has 2 rings (SSSR count). The van der Waals surface area contributed by atoms with Crippen LogP contribution in [0.5, 0.6) is 0 Å². The normalized spacial score (nSPS) is 10.8. The third-order valence-electron chi connectivity index (χ3n) is 2.71. The lowest BCUT2D eigenvalue weighted by Gasteiger charge is -2.06. The standard InChI is InChI=1S/C13H15ClN2O2/c1-18-7-6-16-5-4-10-8-11(2-3-12(10)16)15-13(17)9-14/h2-5,8H,6-7,9H2,1H3,(H,15,17). The van der Waals surface area contributed by atoms with E-state index in [2.05, 4.69) is 9.88 Å². The minimum Gasteiger partial charge on any atom is -0.383 e. The number of benzene rings is 1. The number of fused-ring (bicyclic) bond motifs is 1. The molecule has 5 heteroatoms. The van der Waals surface area contributed by atoms with Crippen LogP contribution in [0.2, 0.25) is 0 Å². The van der Waals surface area contributed by atoms with Gasteiger partial charge in [0.15, 0.2) is 0 Å². The van der Waals surface area contributed by atoms with Crippen LogP contribution in [0.15, 0.2) is 30.5 Å². The number of carbonyl (C=O) groups is 1. The molecule has 0 aliphatic rings. The van der Waals surface area contributed by atoms with Crippen molar-refractivity contribution < 1.29 is 9.53 Å². The SMILES string of the molecule is COCCn1ccc2cc(NC(=O)CCl)ccc21. The van der Waals surface area contributed by atoms with Gasteiger partial charge < -0.3 is 14.6 Å². The molecule has 0 spiro atoms. The Kier molecular flexibility index (Phi) is 4.23. The second-order valence-corrected chi connectivity index (χ2v) is 4.22. The zero-order valence-electron chi connectivity index (χ0n) is 10.1. The number of anilines is 1. The molecule has 0 radical (unpaired) electrons. The molecule has 0 unspecified atom stereocenters. The average Bonchev–Trinajstić information content (AvgIpc) is 2.78. The van der Waals surface area contributed by atoms with Gasteiger partial charge >= 0.3 is 0 Å². The highest BCUT2D eigenvalue weighted by Gasteiger charge is 2.04. The number of halogens is 1. The number of amides is 1. The van der Waals surface area contributed by atoms with Gasteiger partial charge in [-0.15, -0.1) is 11.6 Å². The van der Waals surface area contributed by atoms with Gasteiger partial charge in [0.1, 0.15) is 5.88 Å². The van der Waals surface area contributed by atoms with Crippen LogP contribution in [0.3, 0.4) is 0 Å². The monoisotopic (exact) mass is 266 g/mol. The van der Waals surface area contributed by atoms with E-state index >= 15 is 0 Å². The predicted molar refractivity (Wildman–Crippen MR) is 73.2 cm³/mol. The fourth-order valence-corrected chi connectivity index (χ4v) is 1.92. The van der Waals surface area contributed by atoms with Crippen LogP contribution in [0, 0.1) is 0 Å². The second-order valence-electron chi connectivity index (χ2n) is 3.96. The second kappa shape index (κ2) is 5.89. The third-order valence-corrected chi connectivity index (χ3v) is 2.96. The lowest BCUT2D eigenvalue weighted by molar-refractivity contribution is -0.113. The number of methoxy groups -OCH3 is 1. The summed E-state index contributed by atoms with van der Waals surface area (Å²) in [5.74, 6) is -0.234. The summed E-state index contributed by atoms with van der Waals surface area (Å²) in [7, 11) is 1.69. The van der Waals surface area contributed by atoms with Crippen molar-refractivity contribution in [2.45, 2.75) is 6.54 Å². The van der Waals surface area contributed by atoms with E-state index < -0.39 is 0 Å². The Bertz CT molecular complexity index is 551. The smallest absolute Gasteiger partial charge is 0.239 e. The number of alkyl halides is 1. The highest BCUT2D eigenvalue weighted by atomic mass is 35.5.